The Kier molecular flexibility index (Phi) is 4.88. The number of ether oxygens (including phenoxy) is 2. The molecule has 30 heavy (non-hydrogen) atoms. The molecule has 0 unspecified atom stereocenters. The Balaban J connectivity index is 1.23. The van der Waals surface area contributed by atoms with Crippen LogP contribution in [0.15, 0.2) is 35.7 Å². The zero-order valence-corrected chi connectivity index (χ0v) is 17.6. The molecule has 9 heteroatoms. The highest BCUT2D eigenvalue weighted by atomic mass is 32.1. The number of hydrogen-bond acceptors (Lipinski definition) is 7. The van der Waals surface area contributed by atoms with Gasteiger partial charge < -0.3 is 14.8 Å². The van der Waals surface area contributed by atoms with Crippen molar-refractivity contribution in [3.63, 3.8) is 0 Å². The number of benzene rings is 1. The van der Waals surface area contributed by atoms with Gasteiger partial charge in [-0.1, -0.05) is 12.1 Å². The maximum Gasteiger partial charge on any atom is 0.326 e. The molecule has 8 nitrogen and oxygen atoms in total. The van der Waals surface area contributed by atoms with Gasteiger partial charge in [0.1, 0.15) is 5.54 Å². The van der Waals surface area contributed by atoms with Gasteiger partial charge in [-0.25, -0.2) is 9.69 Å². The fraction of sp³-hybridized carbons (Fsp3) is 0.429. The lowest BCUT2D eigenvalue weighted by atomic mass is 9.92. The summed E-state index contributed by atoms with van der Waals surface area (Å²) >= 11 is 1.77. The lowest BCUT2D eigenvalue weighted by Crippen LogP contribution is -2.51. The quantitative estimate of drug-likeness (QED) is 0.735. The van der Waals surface area contributed by atoms with Crippen LogP contribution in [0.2, 0.25) is 0 Å². The highest BCUT2D eigenvalue weighted by Gasteiger charge is 2.49. The van der Waals surface area contributed by atoms with Gasteiger partial charge in [-0.05, 0) is 36.1 Å². The summed E-state index contributed by atoms with van der Waals surface area (Å²) in [5.41, 5.74) is -0.424. The summed E-state index contributed by atoms with van der Waals surface area (Å²) in [6.45, 7) is 6.65. The number of urea groups is 1. The molecule has 0 aliphatic carbocycles. The van der Waals surface area contributed by atoms with E-state index in [9.17, 15) is 9.59 Å². The molecule has 0 bridgehead atoms. The number of carbonyl (C=O) groups excluding carboxylic acids is 2. The number of nitrogens with one attached hydrogen (secondary N) is 1. The van der Waals surface area contributed by atoms with Crippen LogP contribution < -0.4 is 14.8 Å². The van der Waals surface area contributed by atoms with E-state index in [-0.39, 0.29) is 18.7 Å². The van der Waals surface area contributed by atoms with E-state index in [4.69, 9.17) is 9.47 Å². The Labute approximate surface area is 179 Å². The number of thiophene rings is 1. The summed E-state index contributed by atoms with van der Waals surface area (Å²) in [4.78, 5) is 33.1. The Morgan fingerprint density at radius 3 is 2.60 bits per heavy atom. The number of carbonyl (C=O) groups is 2. The third-order valence-corrected chi connectivity index (χ3v) is 6.85. The van der Waals surface area contributed by atoms with E-state index in [1.54, 1.807) is 36.5 Å². The molecule has 0 radical (unpaired) electrons. The third-order valence-electron chi connectivity index (χ3n) is 5.99. The predicted molar refractivity (Wildman–Crippen MR) is 111 cm³/mol. The van der Waals surface area contributed by atoms with E-state index < -0.39 is 5.54 Å². The van der Waals surface area contributed by atoms with Crippen molar-refractivity contribution in [2.45, 2.75) is 19.0 Å². The second-order valence-corrected chi connectivity index (χ2v) is 9.00. The number of piperazine rings is 1. The first kappa shape index (κ1) is 19.3. The molecule has 3 aliphatic heterocycles. The smallest absolute Gasteiger partial charge is 0.326 e. The molecular weight excluding hydrogens is 404 g/mol. The minimum absolute atomic E-state index is 0.167. The van der Waals surface area contributed by atoms with Gasteiger partial charge in [0.15, 0.2) is 11.5 Å². The van der Waals surface area contributed by atoms with Gasteiger partial charge in [-0.3, -0.25) is 14.6 Å². The van der Waals surface area contributed by atoms with Crippen molar-refractivity contribution >= 4 is 23.3 Å². The van der Waals surface area contributed by atoms with Gasteiger partial charge in [0.05, 0.1) is 6.67 Å². The van der Waals surface area contributed by atoms with Crippen molar-refractivity contribution in [3.8, 4) is 11.5 Å². The molecule has 2 saturated heterocycles. The van der Waals surface area contributed by atoms with Gasteiger partial charge in [0.2, 0.25) is 6.79 Å². The van der Waals surface area contributed by atoms with E-state index in [0.717, 1.165) is 32.7 Å². The number of amides is 3. The average molecular weight is 429 g/mol. The molecule has 1 aromatic heterocycles. The van der Waals surface area contributed by atoms with E-state index in [2.05, 4.69) is 32.6 Å². The lowest BCUT2D eigenvalue weighted by molar-refractivity contribution is -0.132. The molecule has 5 rings (SSSR count). The molecule has 3 aliphatic rings. The van der Waals surface area contributed by atoms with Crippen LogP contribution in [0.1, 0.15) is 17.4 Å². The molecule has 0 saturated carbocycles. The molecule has 1 N–H and O–H groups in total. The van der Waals surface area contributed by atoms with Crippen LogP contribution in [-0.4, -0.2) is 66.3 Å². The third kappa shape index (κ3) is 3.42. The lowest BCUT2D eigenvalue weighted by Gasteiger charge is -2.35. The zero-order chi connectivity index (χ0) is 20.7. The topological polar surface area (TPSA) is 74.4 Å². The van der Waals surface area contributed by atoms with E-state index in [1.165, 1.54) is 9.78 Å². The summed E-state index contributed by atoms with van der Waals surface area (Å²) in [5, 5.41) is 4.97. The predicted octanol–water partition coefficient (Wildman–Crippen LogP) is 2.02. The number of rotatable bonds is 5. The molecule has 1 atom stereocenters. The fourth-order valence-corrected chi connectivity index (χ4v) is 4.89. The Hall–Kier alpha value is -2.62. The van der Waals surface area contributed by atoms with Gasteiger partial charge in [-0.2, -0.15) is 0 Å². The second kappa shape index (κ2) is 7.57. The van der Waals surface area contributed by atoms with Gasteiger partial charge >= 0.3 is 6.03 Å². The first-order valence-electron chi connectivity index (χ1n) is 10.0. The number of imide groups is 1. The van der Waals surface area contributed by atoms with E-state index in [0.29, 0.717) is 23.7 Å². The van der Waals surface area contributed by atoms with Gasteiger partial charge in [-0.15, -0.1) is 11.3 Å². The molecule has 4 heterocycles. The van der Waals surface area contributed by atoms with Crippen molar-refractivity contribution in [1.82, 2.24) is 20.0 Å². The number of nitrogens with zero attached hydrogens (tertiary/aromatic N) is 3. The summed E-state index contributed by atoms with van der Waals surface area (Å²) in [6, 6.07) is 9.22. The maximum atomic E-state index is 13.2. The van der Waals surface area contributed by atoms with Crippen molar-refractivity contribution in [2.24, 2.45) is 0 Å². The van der Waals surface area contributed by atoms with E-state index >= 15 is 0 Å². The zero-order valence-electron chi connectivity index (χ0n) is 16.8. The van der Waals surface area contributed by atoms with Crippen LogP contribution in [0, 0.1) is 0 Å². The molecule has 2 fully saturated rings. The Morgan fingerprint density at radius 2 is 1.83 bits per heavy atom. The van der Waals surface area contributed by atoms with E-state index in [1.807, 2.05) is 0 Å². The van der Waals surface area contributed by atoms with Crippen LogP contribution in [0.4, 0.5) is 4.79 Å². The molecule has 1 aromatic carbocycles. The molecular formula is C21H24N4O4S. The van der Waals surface area contributed by atoms with Crippen LogP contribution in [0.25, 0.3) is 0 Å². The van der Waals surface area contributed by atoms with Crippen molar-refractivity contribution < 1.29 is 19.1 Å². The highest BCUT2D eigenvalue weighted by molar-refractivity contribution is 7.09. The largest absolute Gasteiger partial charge is 0.454 e. The van der Waals surface area contributed by atoms with Crippen molar-refractivity contribution in [1.29, 1.82) is 0 Å². The SMILES string of the molecule is C[C@]1(c2ccc3c(c2)OCO3)NC(=O)N(CN2CCN(Cc3cccs3)CC2)C1=O. The highest BCUT2D eigenvalue weighted by Crippen LogP contribution is 2.37. The summed E-state index contributed by atoms with van der Waals surface area (Å²) in [7, 11) is 0. The summed E-state index contributed by atoms with van der Waals surface area (Å²) in [6.07, 6.45) is 0. The second-order valence-electron chi connectivity index (χ2n) is 7.97. The van der Waals surface area contributed by atoms with Crippen LogP contribution in [0.3, 0.4) is 0 Å². The number of fused-ring (bicyclic) bond motifs is 1. The monoisotopic (exact) mass is 428 g/mol. The van der Waals surface area contributed by atoms with Gasteiger partial charge in [0.25, 0.3) is 5.91 Å². The fourth-order valence-electron chi connectivity index (χ4n) is 4.14. The Morgan fingerprint density at radius 1 is 1.07 bits per heavy atom. The Bertz CT molecular complexity index is 958. The normalized spacial score (nSPS) is 24.5. The van der Waals surface area contributed by atoms with Crippen LogP contribution in [-0.2, 0) is 16.9 Å². The minimum Gasteiger partial charge on any atom is -0.454 e. The molecule has 158 valence electrons. The van der Waals surface area contributed by atoms with Crippen LogP contribution in [0.5, 0.6) is 11.5 Å². The minimum atomic E-state index is -1.11. The molecule has 0 spiro atoms. The van der Waals surface area contributed by atoms with Crippen molar-refractivity contribution in [2.75, 3.05) is 39.6 Å². The average Bonchev–Trinajstić information content (AvgIpc) is 3.47. The summed E-state index contributed by atoms with van der Waals surface area (Å²) in [5.74, 6) is 1.000. The first-order valence-corrected chi connectivity index (χ1v) is 10.9. The molecule has 3 amide bonds. The first-order chi connectivity index (χ1) is 14.5. The maximum absolute atomic E-state index is 13.2. The van der Waals surface area contributed by atoms with Gasteiger partial charge in [0, 0.05) is 37.6 Å². The number of hydrogen-bond donors (Lipinski definition) is 1. The summed E-state index contributed by atoms with van der Waals surface area (Å²) < 4.78 is 10.8. The van der Waals surface area contributed by atoms with Crippen LogP contribution >= 0.6 is 11.3 Å². The standard InChI is InChI=1S/C21H24N4O4S/c1-21(15-4-5-17-18(11-15)29-14-28-17)19(26)25(20(27)22-21)13-24-8-6-23(7-9-24)12-16-3-2-10-30-16/h2-5,10-11H,6-9,12-14H2,1H3,(H,22,27)/t21-/m1/s1. The van der Waals surface area contributed by atoms with Crippen molar-refractivity contribution in [3.05, 3.63) is 46.2 Å². The molecule has 2 aromatic rings.